The molecule has 1 N–H and O–H groups in total. The van der Waals surface area contributed by atoms with E-state index in [2.05, 4.69) is 10.3 Å². The first-order valence-corrected chi connectivity index (χ1v) is 6.34. The fraction of sp³-hybridized carbons (Fsp3) is 0.143. The molecule has 0 saturated heterocycles. The van der Waals surface area contributed by atoms with Crippen molar-refractivity contribution in [1.29, 1.82) is 0 Å². The lowest BCUT2D eigenvalue weighted by molar-refractivity contribution is -0.118. The van der Waals surface area contributed by atoms with Crippen molar-refractivity contribution in [2.75, 3.05) is 19.0 Å². The van der Waals surface area contributed by atoms with Gasteiger partial charge in [-0.15, -0.1) is 0 Å². The van der Waals surface area contributed by atoms with Crippen LogP contribution in [0.2, 0.25) is 5.02 Å². The van der Waals surface area contributed by atoms with Crippen LogP contribution in [-0.4, -0.2) is 24.6 Å². The van der Waals surface area contributed by atoms with Crippen molar-refractivity contribution < 1.29 is 18.7 Å². The molecule has 2 aromatic rings. The molecule has 2 rings (SSSR count). The molecule has 0 fully saturated rings. The molecule has 21 heavy (non-hydrogen) atoms. The van der Waals surface area contributed by atoms with Gasteiger partial charge in [0.15, 0.2) is 6.61 Å². The third kappa shape index (κ3) is 4.32. The Morgan fingerprint density at radius 2 is 2.19 bits per heavy atom. The van der Waals surface area contributed by atoms with Crippen LogP contribution in [0.4, 0.5) is 10.1 Å². The molecule has 0 aliphatic carbocycles. The first kappa shape index (κ1) is 15.1. The molecule has 110 valence electrons. The molecule has 0 radical (unpaired) electrons. The van der Waals surface area contributed by atoms with Crippen molar-refractivity contribution in [1.82, 2.24) is 4.98 Å². The average Bonchev–Trinajstić information content (AvgIpc) is 2.49. The van der Waals surface area contributed by atoms with Crippen LogP contribution in [0.5, 0.6) is 11.6 Å². The summed E-state index contributed by atoms with van der Waals surface area (Å²) in [4.78, 5) is 15.6. The second-order valence-corrected chi connectivity index (χ2v) is 4.41. The van der Waals surface area contributed by atoms with Gasteiger partial charge in [-0.05, 0) is 18.2 Å². The van der Waals surface area contributed by atoms with Gasteiger partial charge in [0, 0.05) is 12.1 Å². The maximum atomic E-state index is 13.0. The van der Waals surface area contributed by atoms with Crippen LogP contribution < -0.4 is 14.8 Å². The number of carbonyl (C=O) groups is 1. The number of carbonyl (C=O) groups excluding carboxylic acids is 1. The van der Waals surface area contributed by atoms with E-state index in [0.29, 0.717) is 17.3 Å². The Bertz CT molecular complexity index is 635. The normalized spacial score (nSPS) is 10.0. The number of aromatic nitrogens is 1. The fourth-order valence-electron chi connectivity index (χ4n) is 1.49. The van der Waals surface area contributed by atoms with Crippen LogP contribution in [0, 0.1) is 5.82 Å². The quantitative estimate of drug-likeness (QED) is 0.922. The number of rotatable bonds is 5. The summed E-state index contributed by atoms with van der Waals surface area (Å²) in [6.45, 7) is -0.228. The Kier molecular flexibility index (Phi) is 4.94. The molecule has 1 heterocycles. The molecular formula is C14H12ClFN2O3. The number of halogens is 2. The van der Waals surface area contributed by atoms with Crippen molar-refractivity contribution in [3.05, 3.63) is 47.4 Å². The van der Waals surface area contributed by atoms with Crippen LogP contribution in [-0.2, 0) is 4.79 Å². The van der Waals surface area contributed by atoms with Crippen molar-refractivity contribution in [2.24, 2.45) is 0 Å². The minimum atomic E-state index is -0.544. The van der Waals surface area contributed by atoms with Gasteiger partial charge in [-0.1, -0.05) is 11.6 Å². The fourth-order valence-corrected chi connectivity index (χ4v) is 1.66. The van der Waals surface area contributed by atoms with E-state index in [1.807, 2.05) is 0 Å². The molecule has 0 unspecified atom stereocenters. The average molecular weight is 311 g/mol. The van der Waals surface area contributed by atoms with Gasteiger partial charge in [-0.3, -0.25) is 4.79 Å². The summed E-state index contributed by atoms with van der Waals surface area (Å²) in [5, 5.41) is 2.54. The van der Waals surface area contributed by atoms with Crippen molar-refractivity contribution in [3.63, 3.8) is 0 Å². The topological polar surface area (TPSA) is 60.5 Å². The molecule has 0 atom stereocenters. The van der Waals surface area contributed by atoms with E-state index in [-0.39, 0.29) is 17.5 Å². The lowest BCUT2D eigenvalue weighted by Crippen LogP contribution is -2.20. The smallest absolute Gasteiger partial charge is 0.262 e. The van der Waals surface area contributed by atoms with E-state index in [9.17, 15) is 9.18 Å². The Balaban J connectivity index is 1.87. The van der Waals surface area contributed by atoms with E-state index in [1.54, 1.807) is 12.1 Å². The van der Waals surface area contributed by atoms with Gasteiger partial charge in [0.2, 0.25) is 5.88 Å². The summed E-state index contributed by atoms with van der Waals surface area (Å²) in [6.07, 6.45) is 1.46. The van der Waals surface area contributed by atoms with E-state index in [1.165, 1.54) is 31.5 Å². The number of amides is 1. The molecule has 7 heteroatoms. The molecule has 0 aliphatic rings. The third-order valence-electron chi connectivity index (χ3n) is 2.49. The van der Waals surface area contributed by atoms with E-state index in [4.69, 9.17) is 21.1 Å². The van der Waals surface area contributed by atoms with Gasteiger partial charge in [-0.25, -0.2) is 9.37 Å². The van der Waals surface area contributed by atoms with E-state index >= 15 is 0 Å². The monoisotopic (exact) mass is 310 g/mol. The van der Waals surface area contributed by atoms with Gasteiger partial charge < -0.3 is 14.8 Å². The lowest BCUT2D eigenvalue weighted by Gasteiger charge is -2.08. The zero-order chi connectivity index (χ0) is 15.2. The zero-order valence-electron chi connectivity index (χ0n) is 11.1. The maximum absolute atomic E-state index is 13.0. The Labute approximate surface area is 125 Å². The molecule has 1 aromatic carbocycles. The van der Waals surface area contributed by atoms with Crippen LogP contribution in [0.3, 0.4) is 0 Å². The number of nitrogens with zero attached hydrogens (tertiary/aromatic N) is 1. The highest BCUT2D eigenvalue weighted by Crippen LogP contribution is 2.21. The standard InChI is InChI=1S/C14H12ClFN2O3/c1-20-14-5-2-9(7-17-14)18-13(19)8-21-10-3-4-12(16)11(15)6-10/h2-7H,8H2,1H3,(H,18,19). The minimum Gasteiger partial charge on any atom is -0.484 e. The maximum Gasteiger partial charge on any atom is 0.262 e. The highest BCUT2D eigenvalue weighted by Gasteiger charge is 2.06. The summed E-state index contributed by atoms with van der Waals surface area (Å²) < 4.78 is 23.1. The SMILES string of the molecule is COc1ccc(NC(=O)COc2ccc(F)c(Cl)c2)cn1. The Morgan fingerprint density at radius 3 is 2.81 bits per heavy atom. The number of pyridine rings is 1. The first-order valence-electron chi connectivity index (χ1n) is 5.96. The summed E-state index contributed by atoms with van der Waals surface area (Å²) in [5.41, 5.74) is 0.515. The van der Waals surface area contributed by atoms with Crippen molar-refractivity contribution in [3.8, 4) is 11.6 Å². The summed E-state index contributed by atoms with van der Waals surface area (Å²) in [7, 11) is 1.50. The predicted octanol–water partition coefficient (Wildman–Crippen LogP) is 2.90. The summed E-state index contributed by atoms with van der Waals surface area (Å²) in [5.74, 6) is -0.158. The Hall–Kier alpha value is -2.34. The Morgan fingerprint density at radius 1 is 1.38 bits per heavy atom. The molecule has 0 spiro atoms. The van der Waals surface area contributed by atoms with Crippen LogP contribution in [0.15, 0.2) is 36.5 Å². The molecule has 0 bridgehead atoms. The van der Waals surface area contributed by atoms with Gasteiger partial charge in [0.25, 0.3) is 5.91 Å². The number of hydrogen-bond acceptors (Lipinski definition) is 4. The predicted molar refractivity (Wildman–Crippen MR) is 76.3 cm³/mol. The molecular weight excluding hydrogens is 299 g/mol. The highest BCUT2D eigenvalue weighted by molar-refractivity contribution is 6.30. The van der Waals surface area contributed by atoms with Gasteiger partial charge >= 0.3 is 0 Å². The third-order valence-corrected chi connectivity index (χ3v) is 2.78. The molecule has 1 amide bonds. The first-order chi connectivity index (χ1) is 10.1. The van der Waals surface area contributed by atoms with Crippen molar-refractivity contribution in [2.45, 2.75) is 0 Å². The highest BCUT2D eigenvalue weighted by atomic mass is 35.5. The van der Waals surface area contributed by atoms with Gasteiger partial charge in [-0.2, -0.15) is 0 Å². The number of anilines is 1. The summed E-state index contributed by atoms with van der Waals surface area (Å²) >= 11 is 5.61. The number of hydrogen-bond donors (Lipinski definition) is 1. The largest absolute Gasteiger partial charge is 0.484 e. The number of ether oxygens (including phenoxy) is 2. The second-order valence-electron chi connectivity index (χ2n) is 4.00. The lowest BCUT2D eigenvalue weighted by atomic mass is 10.3. The minimum absolute atomic E-state index is 0.0627. The van der Waals surface area contributed by atoms with Crippen molar-refractivity contribution >= 4 is 23.2 Å². The number of nitrogens with one attached hydrogen (secondary N) is 1. The van der Waals surface area contributed by atoms with Crippen LogP contribution in [0.25, 0.3) is 0 Å². The summed E-state index contributed by atoms with van der Waals surface area (Å²) in [6, 6.07) is 7.14. The van der Waals surface area contributed by atoms with Crippen LogP contribution >= 0.6 is 11.6 Å². The van der Waals surface area contributed by atoms with Gasteiger partial charge in [0.05, 0.1) is 24.0 Å². The molecule has 5 nitrogen and oxygen atoms in total. The second kappa shape index (κ2) is 6.90. The van der Waals surface area contributed by atoms with Gasteiger partial charge in [0.1, 0.15) is 11.6 Å². The van der Waals surface area contributed by atoms with E-state index in [0.717, 1.165) is 0 Å². The molecule has 0 aliphatic heterocycles. The van der Waals surface area contributed by atoms with Crippen LogP contribution in [0.1, 0.15) is 0 Å². The molecule has 0 saturated carbocycles. The number of methoxy groups -OCH3 is 1. The van der Waals surface area contributed by atoms with E-state index < -0.39 is 5.82 Å². The molecule has 1 aromatic heterocycles. The zero-order valence-corrected chi connectivity index (χ0v) is 11.9. The number of benzene rings is 1.